The predicted molar refractivity (Wildman–Crippen MR) is 83.2 cm³/mol. The van der Waals surface area contributed by atoms with Gasteiger partial charge in [0.1, 0.15) is 5.82 Å². The molecule has 0 heterocycles. The van der Waals surface area contributed by atoms with Gasteiger partial charge in [0.25, 0.3) is 0 Å². The van der Waals surface area contributed by atoms with Crippen molar-refractivity contribution in [2.75, 3.05) is 0 Å². The molecular weight excluding hydrogens is 347 g/mol. The van der Waals surface area contributed by atoms with E-state index in [4.69, 9.17) is 5.73 Å². The van der Waals surface area contributed by atoms with Gasteiger partial charge in [-0.3, -0.25) is 4.79 Å². The maximum absolute atomic E-state index is 13.0. The van der Waals surface area contributed by atoms with Crippen LogP contribution in [0.15, 0.2) is 22.7 Å². The van der Waals surface area contributed by atoms with Gasteiger partial charge in [-0.1, -0.05) is 41.3 Å². The standard InChI is InChI=1S/C14H18BrFN2O.ClH/c15-12-8-11(16)5-4-10(12)9-18-13(19)14(17)6-2-1-3-7-14;/h4-5,8H,1-3,6-7,9,17H2,(H,18,19);1H. The molecule has 20 heavy (non-hydrogen) atoms. The Kier molecular flexibility index (Phi) is 6.43. The van der Waals surface area contributed by atoms with Crippen LogP contribution in [-0.2, 0) is 11.3 Å². The molecule has 0 radical (unpaired) electrons. The quantitative estimate of drug-likeness (QED) is 0.863. The Morgan fingerprint density at radius 2 is 2.00 bits per heavy atom. The summed E-state index contributed by atoms with van der Waals surface area (Å²) in [4.78, 5) is 12.1. The molecule has 0 spiro atoms. The number of halogens is 3. The van der Waals surface area contributed by atoms with E-state index in [-0.39, 0.29) is 24.1 Å². The van der Waals surface area contributed by atoms with E-state index in [1.165, 1.54) is 12.1 Å². The summed E-state index contributed by atoms with van der Waals surface area (Å²) in [6.07, 6.45) is 4.64. The first kappa shape index (κ1) is 17.4. The lowest BCUT2D eigenvalue weighted by Crippen LogP contribution is -2.54. The summed E-state index contributed by atoms with van der Waals surface area (Å²) >= 11 is 3.28. The van der Waals surface area contributed by atoms with Crippen molar-refractivity contribution in [2.24, 2.45) is 5.73 Å². The van der Waals surface area contributed by atoms with Crippen molar-refractivity contribution >= 4 is 34.2 Å². The summed E-state index contributed by atoms with van der Waals surface area (Å²) in [5.74, 6) is -0.409. The highest BCUT2D eigenvalue weighted by Crippen LogP contribution is 2.26. The zero-order chi connectivity index (χ0) is 13.9. The normalized spacial score (nSPS) is 17.1. The van der Waals surface area contributed by atoms with Crippen LogP contribution in [0.1, 0.15) is 37.7 Å². The molecule has 3 N–H and O–H groups in total. The van der Waals surface area contributed by atoms with Crippen LogP contribution in [0.3, 0.4) is 0 Å². The Morgan fingerprint density at radius 3 is 2.60 bits per heavy atom. The number of hydrogen-bond acceptors (Lipinski definition) is 2. The van der Waals surface area contributed by atoms with Gasteiger partial charge in [0.2, 0.25) is 5.91 Å². The maximum Gasteiger partial charge on any atom is 0.240 e. The summed E-state index contributed by atoms with van der Waals surface area (Å²) in [5, 5.41) is 2.85. The van der Waals surface area contributed by atoms with Crippen LogP contribution >= 0.6 is 28.3 Å². The second-order valence-electron chi connectivity index (χ2n) is 5.14. The van der Waals surface area contributed by atoms with Crippen LogP contribution < -0.4 is 11.1 Å². The molecule has 0 unspecified atom stereocenters. The summed E-state index contributed by atoms with van der Waals surface area (Å²) < 4.78 is 13.6. The zero-order valence-corrected chi connectivity index (χ0v) is 13.5. The second kappa shape index (κ2) is 7.38. The monoisotopic (exact) mass is 364 g/mol. The van der Waals surface area contributed by atoms with E-state index in [0.717, 1.165) is 37.7 Å². The largest absolute Gasteiger partial charge is 0.350 e. The number of nitrogens with two attached hydrogens (primary N) is 1. The SMILES string of the molecule is Cl.NC1(C(=O)NCc2ccc(F)cc2Br)CCCCC1. The average molecular weight is 366 g/mol. The summed E-state index contributed by atoms with van der Waals surface area (Å²) in [7, 11) is 0. The van der Waals surface area contributed by atoms with Crippen LogP contribution in [0.4, 0.5) is 4.39 Å². The molecule has 0 aliphatic heterocycles. The van der Waals surface area contributed by atoms with Gasteiger partial charge in [0.15, 0.2) is 0 Å². The number of carbonyl (C=O) groups excluding carboxylic acids is 1. The first-order valence-electron chi connectivity index (χ1n) is 6.52. The average Bonchev–Trinajstić information content (AvgIpc) is 2.38. The molecule has 1 aliphatic carbocycles. The molecule has 1 saturated carbocycles. The van der Waals surface area contributed by atoms with Crippen molar-refractivity contribution in [2.45, 2.75) is 44.2 Å². The van der Waals surface area contributed by atoms with Gasteiger partial charge in [-0.15, -0.1) is 12.4 Å². The van der Waals surface area contributed by atoms with Crippen molar-refractivity contribution in [1.29, 1.82) is 0 Å². The molecule has 1 aliphatic rings. The van der Waals surface area contributed by atoms with Gasteiger partial charge < -0.3 is 11.1 Å². The van der Waals surface area contributed by atoms with Crippen LogP contribution in [0.2, 0.25) is 0 Å². The number of amides is 1. The fourth-order valence-corrected chi connectivity index (χ4v) is 2.92. The molecule has 1 fully saturated rings. The van der Waals surface area contributed by atoms with E-state index in [1.807, 2.05) is 0 Å². The van der Waals surface area contributed by atoms with Gasteiger partial charge in [-0.25, -0.2) is 4.39 Å². The molecule has 1 amide bonds. The van der Waals surface area contributed by atoms with Gasteiger partial charge in [-0.2, -0.15) is 0 Å². The molecule has 0 saturated heterocycles. The lowest BCUT2D eigenvalue weighted by atomic mass is 9.82. The number of benzene rings is 1. The van der Waals surface area contributed by atoms with Crippen molar-refractivity contribution in [3.05, 3.63) is 34.1 Å². The van der Waals surface area contributed by atoms with E-state index in [1.54, 1.807) is 6.07 Å². The fraction of sp³-hybridized carbons (Fsp3) is 0.500. The number of carbonyl (C=O) groups is 1. The summed E-state index contributed by atoms with van der Waals surface area (Å²) in [6.45, 7) is 0.360. The van der Waals surface area contributed by atoms with E-state index < -0.39 is 5.54 Å². The second-order valence-corrected chi connectivity index (χ2v) is 5.99. The van der Waals surface area contributed by atoms with Gasteiger partial charge >= 0.3 is 0 Å². The third-order valence-electron chi connectivity index (χ3n) is 3.65. The van der Waals surface area contributed by atoms with Crippen LogP contribution in [-0.4, -0.2) is 11.4 Å². The van der Waals surface area contributed by atoms with Crippen molar-refractivity contribution in [3.8, 4) is 0 Å². The van der Waals surface area contributed by atoms with Crippen LogP contribution in [0, 0.1) is 5.82 Å². The summed E-state index contributed by atoms with van der Waals surface area (Å²) in [6, 6.07) is 4.43. The van der Waals surface area contributed by atoms with E-state index >= 15 is 0 Å². The van der Waals surface area contributed by atoms with Crippen molar-refractivity contribution < 1.29 is 9.18 Å². The number of hydrogen-bond donors (Lipinski definition) is 2. The van der Waals surface area contributed by atoms with Crippen LogP contribution in [0.25, 0.3) is 0 Å². The molecule has 1 aromatic rings. The third-order valence-corrected chi connectivity index (χ3v) is 4.39. The molecular formula is C14H19BrClFN2O. The van der Waals surface area contributed by atoms with E-state index in [2.05, 4.69) is 21.2 Å². The Morgan fingerprint density at radius 1 is 1.35 bits per heavy atom. The highest BCUT2D eigenvalue weighted by molar-refractivity contribution is 9.10. The molecule has 0 atom stereocenters. The minimum absolute atomic E-state index is 0. The van der Waals surface area contributed by atoms with E-state index in [0.29, 0.717) is 11.0 Å². The third kappa shape index (κ3) is 4.17. The minimum Gasteiger partial charge on any atom is -0.350 e. The lowest BCUT2D eigenvalue weighted by Gasteiger charge is -2.31. The van der Waals surface area contributed by atoms with Crippen molar-refractivity contribution in [1.82, 2.24) is 5.32 Å². The molecule has 0 bridgehead atoms. The highest BCUT2D eigenvalue weighted by atomic mass is 79.9. The first-order valence-corrected chi connectivity index (χ1v) is 7.32. The molecule has 112 valence electrons. The molecule has 0 aromatic heterocycles. The zero-order valence-electron chi connectivity index (χ0n) is 11.1. The maximum atomic E-state index is 13.0. The molecule has 1 aromatic carbocycles. The van der Waals surface area contributed by atoms with Gasteiger partial charge in [0, 0.05) is 11.0 Å². The summed E-state index contributed by atoms with van der Waals surface area (Å²) in [5.41, 5.74) is 6.26. The highest BCUT2D eigenvalue weighted by Gasteiger charge is 2.34. The Hall–Kier alpha value is -0.650. The molecule has 2 rings (SSSR count). The Bertz CT molecular complexity index is 478. The minimum atomic E-state index is -0.731. The number of rotatable bonds is 3. The fourth-order valence-electron chi connectivity index (χ4n) is 2.43. The molecule has 6 heteroatoms. The van der Waals surface area contributed by atoms with Gasteiger partial charge in [-0.05, 0) is 30.5 Å². The van der Waals surface area contributed by atoms with E-state index in [9.17, 15) is 9.18 Å². The molecule has 3 nitrogen and oxygen atoms in total. The van der Waals surface area contributed by atoms with Gasteiger partial charge in [0.05, 0.1) is 5.54 Å². The Balaban J connectivity index is 0.00000200. The lowest BCUT2D eigenvalue weighted by molar-refractivity contribution is -0.127. The predicted octanol–water partition coefficient (Wildman–Crippen LogP) is 3.29. The van der Waals surface area contributed by atoms with Crippen molar-refractivity contribution in [3.63, 3.8) is 0 Å². The Labute approximate surface area is 133 Å². The van der Waals surface area contributed by atoms with Crippen LogP contribution in [0.5, 0.6) is 0 Å². The number of nitrogens with one attached hydrogen (secondary N) is 1. The smallest absolute Gasteiger partial charge is 0.240 e. The topological polar surface area (TPSA) is 55.1 Å². The first-order chi connectivity index (χ1) is 9.01.